The fourth-order valence-corrected chi connectivity index (χ4v) is 3.45. The summed E-state index contributed by atoms with van der Waals surface area (Å²) in [5, 5.41) is 3.10. The van der Waals surface area contributed by atoms with E-state index < -0.39 is 0 Å². The quantitative estimate of drug-likeness (QED) is 0.723. The molecule has 1 aromatic heterocycles. The number of alkyl halides is 1. The van der Waals surface area contributed by atoms with Gasteiger partial charge in [-0.15, -0.1) is 22.9 Å². The second kappa shape index (κ2) is 7.21. The lowest BCUT2D eigenvalue weighted by Crippen LogP contribution is -2.22. The van der Waals surface area contributed by atoms with Gasteiger partial charge in [-0.2, -0.15) is 0 Å². The van der Waals surface area contributed by atoms with Crippen molar-refractivity contribution in [3.05, 3.63) is 40.9 Å². The number of aromatic nitrogens is 1. The number of halogens is 1. The molecule has 0 saturated heterocycles. The lowest BCUT2D eigenvalue weighted by molar-refractivity contribution is 0.289. The van der Waals surface area contributed by atoms with Gasteiger partial charge in [0.05, 0.1) is 11.6 Å². The Morgan fingerprint density at radius 1 is 1.30 bits per heavy atom. The summed E-state index contributed by atoms with van der Waals surface area (Å²) < 4.78 is 0. The molecule has 0 amide bonds. The van der Waals surface area contributed by atoms with Crippen LogP contribution in [0.2, 0.25) is 0 Å². The summed E-state index contributed by atoms with van der Waals surface area (Å²) in [6, 6.07) is 8.50. The smallest absolute Gasteiger partial charge is 0.123 e. The molecule has 0 atom stereocenters. The van der Waals surface area contributed by atoms with Gasteiger partial charge < -0.3 is 4.90 Å². The molecule has 0 unspecified atom stereocenters. The molecule has 108 valence electrons. The first-order valence-corrected chi connectivity index (χ1v) is 8.28. The molecule has 0 aliphatic rings. The van der Waals surface area contributed by atoms with Crippen LogP contribution in [0.4, 0.5) is 0 Å². The Morgan fingerprint density at radius 2 is 2.05 bits per heavy atom. The molecular formula is C16H21ClN2S. The van der Waals surface area contributed by atoms with E-state index in [0.717, 1.165) is 23.8 Å². The van der Waals surface area contributed by atoms with E-state index in [-0.39, 0.29) is 0 Å². The van der Waals surface area contributed by atoms with Crippen molar-refractivity contribution in [2.45, 2.75) is 26.3 Å². The van der Waals surface area contributed by atoms with Crippen LogP contribution in [0.25, 0.3) is 10.6 Å². The Bertz CT molecular complexity index is 551. The van der Waals surface area contributed by atoms with Gasteiger partial charge in [0, 0.05) is 24.0 Å². The van der Waals surface area contributed by atoms with Crippen LogP contribution in [0.5, 0.6) is 0 Å². The van der Waals surface area contributed by atoms with Crippen molar-refractivity contribution in [3.8, 4) is 10.6 Å². The highest BCUT2D eigenvalue weighted by Crippen LogP contribution is 2.28. The molecule has 0 fully saturated rings. The van der Waals surface area contributed by atoms with Crippen LogP contribution in [0.3, 0.4) is 0 Å². The van der Waals surface area contributed by atoms with E-state index in [2.05, 4.69) is 55.0 Å². The van der Waals surface area contributed by atoms with E-state index in [9.17, 15) is 0 Å². The van der Waals surface area contributed by atoms with Gasteiger partial charge in [0.25, 0.3) is 0 Å². The summed E-state index contributed by atoms with van der Waals surface area (Å²) in [6.07, 6.45) is 0. The minimum absolute atomic E-state index is 0.478. The number of nitrogens with zero attached hydrogens (tertiary/aromatic N) is 2. The molecule has 2 aromatic rings. The molecule has 0 N–H and O–H groups in total. The van der Waals surface area contributed by atoms with E-state index in [0.29, 0.717) is 11.8 Å². The lowest BCUT2D eigenvalue weighted by atomic mass is 10.1. The van der Waals surface area contributed by atoms with Crippen molar-refractivity contribution in [2.24, 2.45) is 5.92 Å². The van der Waals surface area contributed by atoms with Crippen LogP contribution in [0.15, 0.2) is 29.6 Å². The number of hydrogen-bond acceptors (Lipinski definition) is 3. The molecule has 2 rings (SSSR count). The van der Waals surface area contributed by atoms with Gasteiger partial charge in [-0.25, -0.2) is 4.98 Å². The molecule has 0 aliphatic heterocycles. The number of rotatable bonds is 6. The summed E-state index contributed by atoms with van der Waals surface area (Å²) in [6.45, 7) is 6.54. The Morgan fingerprint density at radius 3 is 2.70 bits per heavy atom. The fourth-order valence-electron chi connectivity index (χ4n) is 2.34. The van der Waals surface area contributed by atoms with Gasteiger partial charge in [0.2, 0.25) is 0 Å². The monoisotopic (exact) mass is 308 g/mol. The molecule has 1 aromatic carbocycles. The zero-order valence-electron chi connectivity index (χ0n) is 12.3. The fraction of sp³-hybridized carbons (Fsp3) is 0.438. The van der Waals surface area contributed by atoms with Crippen LogP contribution >= 0.6 is 22.9 Å². The first kappa shape index (κ1) is 15.5. The average molecular weight is 309 g/mol. The van der Waals surface area contributed by atoms with Crippen LogP contribution < -0.4 is 0 Å². The third kappa shape index (κ3) is 4.05. The van der Waals surface area contributed by atoms with Gasteiger partial charge in [0.15, 0.2) is 0 Å². The Balaban J connectivity index is 2.21. The van der Waals surface area contributed by atoms with Gasteiger partial charge in [-0.1, -0.05) is 38.1 Å². The average Bonchev–Trinajstić information content (AvgIpc) is 2.87. The predicted octanol–water partition coefficient (Wildman–Crippen LogP) is 4.64. The summed E-state index contributed by atoms with van der Waals surface area (Å²) in [5.74, 6) is 1.15. The number of thiazole rings is 1. The third-order valence-electron chi connectivity index (χ3n) is 3.05. The van der Waals surface area contributed by atoms with Crippen molar-refractivity contribution in [1.82, 2.24) is 9.88 Å². The summed E-state index contributed by atoms with van der Waals surface area (Å²) in [7, 11) is 2.17. The minimum Gasteiger partial charge on any atom is -0.302 e. The van der Waals surface area contributed by atoms with Crippen molar-refractivity contribution < 1.29 is 0 Å². The van der Waals surface area contributed by atoms with Crippen molar-refractivity contribution in [2.75, 3.05) is 13.6 Å². The summed E-state index contributed by atoms with van der Waals surface area (Å²) >= 11 is 7.51. The Labute approximate surface area is 130 Å². The van der Waals surface area contributed by atoms with Crippen molar-refractivity contribution >= 4 is 22.9 Å². The number of hydrogen-bond donors (Lipinski definition) is 0. The zero-order chi connectivity index (χ0) is 14.5. The molecule has 0 saturated carbocycles. The summed E-state index contributed by atoms with van der Waals surface area (Å²) in [5.41, 5.74) is 3.51. The maximum atomic E-state index is 5.85. The van der Waals surface area contributed by atoms with E-state index in [1.54, 1.807) is 11.3 Å². The number of benzene rings is 1. The van der Waals surface area contributed by atoms with Gasteiger partial charge >= 0.3 is 0 Å². The molecule has 20 heavy (non-hydrogen) atoms. The zero-order valence-corrected chi connectivity index (χ0v) is 13.8. The second-order valence-corrected chi connectivity index (χ2v) is 6.65. The van der Waals surface area contributed by atoms with Crippen molar-refractivity contribution in [1.29, 1.82) is 0 Å². The van der Waals surface area contributed by atoms with Crippen LogP contribution in [0, 0.1) is 5.92 Å². The minimum atomic E-state index is 0.478. The highest BCUT2D eigenvalue weighted by atomic mass is 35.5. The Kier molecular flexibility index (Phi) is 5.58. The van der Waals surface area contributed by atoms with Gasteiger partial charge in [-0.05, 0) is 18.5 Å². The second-order valence-electron chi connectivity index (χ2n) is 5.53. The normalized spacial score (nSPS) is 11.5. The standard InChI is InChI=1S/C16H21ClN2S/c1-12(2)9-19(3)10-13-6-4-5-7-15(13)16-18-14(8-17)11-20-16/h4-7,11-12H,8-10H2,1-3H3. The molecule has 0 aliphatic carbocycles. The van der Waals surface area contributed by atoms with E-state index in [4.69, 9.17) is 11.6 Å². The van der Waals surface area contributed by atoms with Crippen molar-refractivity contribution in [3.63, 3.8) is 0 Å². The molecule has 0 radical (unpaired) electrons. The third-order valence-corrected chi connectivity index (χ3v) is 4.25. The first-order chi connectivity index (χ1) is 9.60. The van der Waals surface area contributed by atoms with Crippen LogP contribution in [-0.4, -0.2) is 23.5 Å². The van der Waals surface area contributed by atoms with E-state index in [1.165, 1.54) is 11.1 Å². The first-order valence-electron chi connectivity index (χ1n) is 6.87. The highest BCUT2D eigenvalue weighted by Gasteiger charge is 2.11. The predicted molar refractivity (Wildman–Crippen MR) is 88.3 cm³/mol. The molecule has 2 nitrogen and oxygen atoms in total. The maximum Gasteiger partial charge on any atom is 0.123 e. The van der Waals surface area contributed by atoms with E-state index >= 15 is 0 Å². The summed E-state index contributed by atoms with van der Waals surface area (Å²) in [4.78, 5) is 6.96. The lowest BCUT2D eigenvalue weighted by Gasteiger charge is -2.20. The largest absolute Gasteiger partial charge is 0.302 e. The SMILES string of the molecule is CC(C)CN(C)Cc1ccccc1-c1nc(CCl)cs1. The molecule has 0 bridgehead atoms. The van der Waals surface area contributed by atoms with E-state index in [1.807, 2.05) is 5.38 Å². The molecule has 4 heteroatoms. The van der Waals surface area contributed by atoms with Crippen LogP contribution in [-0.2, 0) is 12.4 Å². The topological polar surface area (TPSA) is 16.1 Å². The molecule has 1 heterocycles. The Hall–Kier alpha value is -0.900. The van der Waals surface area contributed by atoms with Gasteiger partial charge in [0.1, 0.15) is 5.01 Å². The highest BCUT2D eigenvalue weighted by molar-refractivity contribution is 7.13. The molecular weight excluding hydrogens is 288 g/mol. The van der Waals surface area contributed by atoms with Gasteiger partial charge in [-0.3, -0.25) is 0 Å². The van der Waals surface area contributed by atoms with Crippen LogP contribution in [0.1, 0.15) is 25.1 Å². The molecule has 0 spiro atoms. The maximum absolute atomic E-state index is 5.85.